The number of aliphatic hydroxyl groups excluding tert-OH is 1. The summed E-state index contributed by atoms with van der Waals surface area (Å²) in [5.74, 6) is -27.4. The summed E-state index contributed by atoms with van der Waals surface area (Å²) in [5.41, 5.74) is 5.77. The van der Waals surface area contributed by atoms with Gasteiger partial charge in [0.15, 0.2) is 12.2 Å². The number of aliphatic carboxylic acids is 4. The summed E-state index contributed by atoms with van der Waals surface area (Å²) in [6, 6.07) is -19.0. The summed E-state index contributed by atoms with van der Waals surface area (Å²) in [7, 11) is 4.72. The summed E-state index contributed by atoms with van der Waals surface area (Å²) >= 11 is 0. The number of fused-ring (bicyclic) bond motifs is 1. The lowest BCUT2D eigenvalue weighted by atomic mass is 9.97. The Morgan fingerprint density at radius 2 is 1.30 bits per heavy atom. The van der Waals surface area contributed by atoms with E-state index in [1.54, 1.807) is 40.2 Å². The summed E-state index contributed by atoms with van der Waals surface area (Å²) in [5, 5.41) is 76.8. The van der Waals surface area contributed by atoms with Gasteiger partial charge in [0.2, 0.25) is 65.0 Å². The number of rotatable bonds is 28. The minimum absolute atomic E-state index is 0.0175. The molecular weight excluding hydrogens is 1300 g/mol. The molecule has 0 aromatic heterocycles. The number of nitrogens with two attached hydrogens (primary N) is 1. The quantitative estimate of drug-likeness (QED) is 0.0115. The predicted molar refractivity (Wildman–Crippen MR) is 349 cm³/mol. The van der Waals surface area contributed by atoms with E-state index >= 15 is 4.79 Å². The Bertz CT molecular complexity index is 2970. The Morgan fingerprint density at radius 1 is 0.717 bits per heavy atom. The number of amides is 11. The number of esters is 1. The highest BCUT2D eigenvalue weighted by Gasteiger charge is 2.46. The molecule has 2 aliphatic heterocycles. The number of quaternary nitrogens is 1. The van der Waals surface area contributed by atoms with Gasteiger partial charge in [-0.3, -0.25) is 67.1 Å². The summed E-state index contributed by atoms with van der Waals surface area (Å²) in [6.07, 6.45) is 1.34. The molecule has 35 heteroatoms. The average molecular weight is 1410 g/mol. The van der Waals surface area contributed by atoms with Gasteiger partial charge in [0, 0.05) is 25.0 Å². The van der Waals surface area contributed by atoms with Gasteiger partial charge in [0.25, 0.3) is 0 Å². The normalized spacial score (nSPS) is 25.1. The van der Waals surface area contributed by atoms with Crippen molar-refractivity contribution in [1.82, 2.24) is 58.1 Å². The first-order chi connectivity index (χ1) is 46.0. The number of likely N-dealkylation sites (N-methyl/N-ethyl adjacent to an activating group) is 1. The SMILES string of the molecule is CCC(C)CC/C=C\C=C\C(=O)N[C@H](C(=O)N[C@@H]1C(=O)N[C@H](C(C)C)C(=O)N[C@@H](CCCCN)C(=O)N[C@@H](C(O)C(=O)OC(CC(=O)[O-])C[N+](C)(C)C)C(=O)N[C@@H](CC(=O)O)C(=O)NCC(=O)N[C@H](C(C)C(=O)O)C(=O)N[C@@H](C(C)C)C(=O)N2C[C@H](C)C[C@H]2C(=O)NC1C)C(C)C(=O)O. The fourth-order valence-electron chi connectivity index (χ4n) is 10.6. The first-order valence-electron chi connectivity index (χ1n) is 33.0. The molecule has 2 aliphatic rings. The van der Waals surface area contributed by atoms with Crippen LogP contribution in [0.4, 0.5) is 0 Å². The van der Waals surface area contributed by atoms with Crippen LogP contribution in [0.2, 0.25) is 0 Å². The molecule has 2 heterocycles. The molecule has 0 aromatic rings. The lowest BCUT2D eigenvalue weighted by Crippen LogP contribution is -2.65. The van der Waals surface area contributed by atoms with Crippen molar-refractivity contribution in [2.45, 2.75) is 200 Å². The fourth-order valence-corrected chi connectivity index (χ4v) is 10.6. The Hall–Kier alpha value is -9.12. The first-order valence-corrected chi connectivity index (χ1v) is 33.0. The third-order valence-electron chi connectivity index (χ3n) is 16.6. The van der Waals surface area contributed by atoms with E-state index in [2.05, 4.69) is 49.5 Å². The molecule has 2 rings (SSSR count). The maximum Gasteiger partial charge on any atom is 0.338 e. The summed E-state index contributed by atoms with van der Waals surface area (Å²) in [4.78, 5) is 222. The number of unbranched alkanes of at least 4 members (excludes halogenated alkanes) is 1. The molecule has 0 radical (unpaired) electrons. The second-order valence-electron chi connectivity index (χ2n) is 27.0. The Kier molecular flexibility index (Phi) is 35.3. The van der Waals surface area contributed by atoms with Crippen LogP contribution in [0.25, 0.3) is 0 Å². The molecule has 0 spiro atoms. The molecule has 0 aromatic carbocycles. The number of carbonyl (C=O) groups is 16. The van der Waals surface area contributed by atoms with E-state index in [9.17, 15) is 97.5 Å². The molecule has 2 fully saturated rings. The molecule has 16 atom stereocenters. The number of hydrogen-bond acceptors (Lipinski definition) is 20. The molecule has 0 aliphatic carbocycles. The number of allylic oxidation sites excluding steroid dienone is 3. The van der Waals surface area contributed by atoms with Crippen LogP contribution in [0.1, 0.15) is 127 Å². The fraction of sp³-hybridized carbons (Fsp3) is 0.688. The lowest BCUT2D eigenvalue weighted by Gasteiger charge is -2.34. The average Bonchev–Trinajstić information content (AvgIpc) is 1.67. The molecule has 6 unspecified atom stereocenters. The van der Waals surface area contributed by atoms with Gasteiger partial charge >= 0.3 is 23.9 Å². The van der Waals surface area contributed by atoms with Crippen molar-refractivity contribution in [1.29, 1.82) is 0 Å². The largest absolute Gasteiger partial charge is 0.550 e. The zero-order chi connectivity index (χ0) is 75.5. The van der Waals surface area contributed by atoms with Crippen LogP contribution in [-0.2, 0) is 81.4 Å². The second kappa shape index (κ2) is 40.7. The van der Waals surface area contributed by atoms with E-state index in [-0.39, 0.29) is 49.8 Å². The molecule has 556 valence electrons. The number of carboxylic acids is 4. The number of ether oxygens (including phenoxy) is 1. The van der Waals surface area contributed by atoms with Crippen LogP contribution in [0.15, 0.2) is 24.3 Å². The highest BCUT2D eigenvalue weighted by Crippen LogP contribution is 2.26. The van der Waals surface area contributed by atoms with E-state index in [0.717, 1.165) is 37.7 Å². The van der Waals surface area contributed by atoms with Gasteiger partial charge < -0.3 is 103 Å². The number of hydrogen-bond donors (Lipinski definition) is 15. The molecule has 99 heavy (non-hydrogen) atoms. The topological polar surface area (TPSA) is 536 Å². The van der Waals surface area contributed by atoms with Gasteiger partial charge in [-0.05, 0) is 89.5 Å². The molecule has 11 amide bonds. The van der Waals surface area contributed by atoms with E-state index in [0.29, 0.717) is 12.3 Å². The number of nitrogens with one attached hydrogen (secondary N) is 10. The zero-order valence-electron chi connectivity index (χ0n) is 58.5. The molecule has 0 saturated carbocycles. The highest BCUT2D eigenvalue weighted by molar-refractivity contribution is 6.02. The van der Waals surface area contributed by atoms with Crippen LogP contribution in [-0.4, -0.2) is 245 Å². The van der Waals surface area contributed by atoms with Crippen molar-refractivity contribution in [2.24, 2.45) is 41.2 Å². The monoisotopic (exact) mass is 1410 g/mol. The minimum Gasteiger partial charge on any atom is -0.550 e. The lowest BCUT2D eigenvalue weighted by molar-refractivity contribution is -0.873. The van der Waals surface area contributed by atoms with Gasteiger partial charge in [-0.15, -0.1) is 0 Å². The smallest absolute Gasteiger partial charge is 0.338 e. The predicted octanol–water partition coefficient (Wildman–Crippen LogP) is -4.85. The standard InChI is InChI=1S/C64H103N13O22/c1-14-33(6)21-17-15-16-18-23-42(78)70-48(35(8)62(94)95)58(90)74-50-37(10)67-55(87)41-25-34(7)29-76(41)61(93)47(32(4)5)73-57(89)49(36(9)63(96)97)71-43(79)28-66-53(85)40(27-45(82)83)69-60(92)51(52(84)64(98)99-38(26-44(80)81)30-77(11,12)13)75-54(86)39(22-19-20-24-65)68-56(88)46(31(2)3)72-59(50)91/h15-16,18,23,31-41,46-52,84H,14,17,19-22,24-30,65H2,1-13H3,(H13-,66,67,68,69,70,71,72,73,74,75,78,79,80,81,82,83,85,86,87,88,89,90,91,92,94,95,96,97)/b16-15-,23-18+/t33?,34-,35?,36?,37?,38?,39+,40+,41+,46-,47+,48+,49-,50+,51+,52?/m1/s1. The van der Waals surface area contributed by atoms with Crippen LogP contribution in [0, 0.1) is 35.5 Å². The molecule has 2 saturated heterocycles. The van der Waals surface area contributed by atoms with Crippen LogP contribution >= 0.6 is 0 Å². The maximum atomic E-state index is 15.0. The van der Waals surface area contributed by atoms with Gasteiger partial charge in [0.1, 0.15) is 60.9 Å². The summed E-state index contributed by atoms with van der Waals surface area (Å²) in [6.45, 7) is 13.5. The van der Waals surface area contributed by atoms with Gasteiger partial charge in [-0.2, -0.15) is 0 Å². The molecule has 16 N–H and O–H groups in total. The van der Waals surface area contributed by atoms with Crippen molar-refractivity contribution in [3.8, 4) is 0 Å². The third kappa shape index (κ3) is 28.7. The van der Waals surface area contributed by atoms with Gasteiger partial charge in [-0.1, -0.05) is 73.1 Å². The Balaban J connectivity index is 3.07. The number of nitrogens with zero attached hydrogens (tertiary/aromatic N) is 2. The highest BCUT2D eigenvalue weighted by atomic mass is 16.6. The molecule has 0 bridgehead atoms. The van der Waals surface area contributed by atoms with Crippen LogP contribution in [0.5, 0.6) is 0 Å². The van der Waals surface area contributed by atoms with E-state index < -0.39 is 216 Å². The number of carboxylic acid groups (broad SMARTS) is 4. The van der Waals surface area contributed by atoms with Gasteiger partial charge in [0.05, 0.1) is 52.0 Å². The van der Waals surface area contributed by atoms with Gasteiger partial charge in [-0.25, -0.2) is 4.79 Å². The third-order valence-corrected chi connectivity index (χ3v) is 16.6. The zero-order valence-corrected chi connectivity index (χ0v) is 58.5. The van der Waals surface area contributed by atoms with Crippen LogP contribution < -0.4 is 64.0 Å². The van der Waals surface area contributed by atoms with E-state index in [1.165, 1.54) is 40.7 Å². The second-order valence-corrected chi connectivity index (χ2v) is 27.0. The van der Waals surface area contributed by atoms with Crippen molar-refractivity contribution in [2.75, 3.05) is 47.3 Å². The van der Waals surface area contributed by atoms with Crippen molar-refractivity contribution in [3.63, 3.8) is 0 Å². The Morgan fingerprint density at radius 3 is 1.86 bits per heavy atom. The minimum atomic E-state index is -2.86. The van der Waals surface area contributed by atoms with E-state index in [1.807, 2.05) is 17.6 Å². The van der Waals surface area contributed by atoms with E-state index in [4.69, 9.17) is 10.5 Å². The Labute approximate surface area is 575 Å². The molecule has 35 nitrogen and oxygen atoms in total. The molecular formula is C64H103N13O22. The number of aliphatic hydroxyl groups is 1. The van der Waals surface area contributed by atoms with Crippen molar-refractivity contribution in [3.05, 3.63) is 24.3 Å². The first kappa shape index (κ1) is 86.0. The van der Waals surface area contributed by atoms with Crippen molar-refractivity contribution < 1.29 is 111 Å². The maximum absolute atomic E-state index is 15.0. The van der Waals surface area contributed by atoms with Crippen LogP contribution in [0.3, 0.4) is 0 Å². The van der Waals surface area contributed by atoms with Crippen molar-refractivity contribution >= 4 is 94.8 Å². The number of carbonyl (C=O) groups excluding carboxylic acids is 13. The summed E-state index contributed by atoms with van der Waals surface area (Å²) < 4.78 is 5.28.